The molecule has 2 aliphatic heterocycles. The predicted molar refractivity (Wildman–Crippen MR) is 142 cm³/mol. The van der Waals surface area contributed by atoms with Crippen LogP contribution < -0.4 is 5.32 Å². The minimum Gasteiger partial charge on any atom is -0.479 e. The van der Waals surface area contributed by atoms with E-state index in [1.54, 1.807) is 0 Å². The summed E-state index contributed by atoms with van der Waals surface area (Å²) in [4.78, 5) is 23.7. The van der Waals surface area contributed by atoms with Gasteiger partial charge < -0.3 is 54.5 Å². The van der Waals surface area contributed by atoms with Crippen molar-refractivity contribution in [2.24, 2.45) is 11.8 Å². The maximum absolute atomic E-state index is 11.9. The van der Waals surface area contributed by atoms with Crippen molar-refractivity contribution in [3.05, 3.63) is 0 Å². The van der Waals surface area contributed by atoms with Crippen LogP contribution in [0.3, 0.4) is 0 Å². The molecule has 1 amide bonds. The van der Waals surface area contributed by atoms with Gasteiger partial charge in [0.05, 0.1) is 37.1 Å². The van der Waals surface area contributed by atoms with E-state index in [0.29, 0.717) is 39.1 Å². The molecule has 6 N–H and O–H groups in total. The van der Waals surface area contributed by atoms with Gasteiger partial charge in [0, 0.05) is 58.9 Å². The Balaban J connectivity index is 1.93. The number of aliphatic hydroxyl groups excluding tert-OH is 3. The Morgan fingerprint density at radius 3 is 2.25 bits per heavy atom. The molecule has 0 aromatic rings. The topological polar surface area (TPSA) is 193 Å². The number of ether oxygens (including phenoxy) is 5. The number of carbonyl (C=O) groups excluding carboxylic acids is 1. The van der Waals surface area contributed by atoms with E-state index in [4.69, 9.17) is 23.7 Å². The highest BCUT2D eigenvalue weighted by molar-refractivity contribution is 5.73. The van der Waals surface area contributed by atoms with E-state index in [1.807, 2.05) is 6.92 Å². The van der Waals surface area contributed by atoms with Gasteiger partial charge in [-0.15, -0.1) is 0 Å². The third kappa shape index (κ3) is 9.30. The van der Waals surface area contributed by atoms with Gasteiger partial charge in [0.15, 0.2) is 6.10 Å². The Morgan fingerprint density at radius 1 is 0.950 bits per heavy atom. The third-order valence-electron chi connectivity index (χ3n) is 7.94. The monoisotopic (exact) mass is 579 g/mol. The van der Waals surface area contributed by atoms with Crippen molar-refractivity contribution >= 4 is 11.9 Å². The fraction of sp³-hybridized carbons (Fsp3) is 0.926. The summed E-state index contributed by atoms with van der Waals surface area (Å²) in [7, 11) is 1.47. The van der Waals surface area contributed by atoms with E-state index in [0.717, 1.165) is 0 Å². The van der Waals surface area contributed by atoms with Crippen LogP contribution in [0.25, 0.3) is 0 Å². The maximum Gasteiger partial charge on any atom is 0.333 e. The van der Waals surface area contributed by atoms with Gasteiger partial charge in [-0.2, -0.15) is 0 Å². The quantitative estimate of drug-likeness (QED) is 0.121. The molecule has 0 aromatic heterocycles. The minimum atomic E-state index is -1.68. The summed E-state index contributed by atoms with van der Waals surface area (Å²) in [5.41, 5.74) is -1.68. The first-order valence-corrected chi connectivity index (χ1v) is 14.1. The molecular formula is C27H49NO12. The second-order valence-electron chi connectivity index (χ2n) is 10.8. The van der Waals surface area contributed by atoms with Crippen LogP contribution in [-0.2, 0) is 33.3 Å². The minimum absolute atomic E-state index is 0.143. The first kappa shape index (κ1) is 34.8. The standard InChI is InChI=1S/C27H49NO12/c1-5-37-13-9-19-22(28-16(2)30)17(23(31)20(15-29)39-19)7-6-11-38-14-10-21-27(3,35)25(32)18(8-12-36-4)24(40-21)26(33)34/h17-25,29,31-32,35H,5-15H2,1-4H3,(H,28,30)(H,33,34). The van der Waals surface area contributed by atoms with Crippen LogP contribution in [0, 0.1) is 11.8 Å². The molecular weight excluding hydrogens is 530 g/mol. The number of hydrogen-bond donors (Lipinski definition) is 6. The van der Waals surface area contributed by atoms with Crippen molar-refractivity contribution in [2.45, 2.75) is 101 Å². The highest BCUT2D eigenvalue weighted by Gasteiger charge is 2.53. The van der Waals surface area contributed by atoms with Crippen LogP contribution in [-0.4, -0.2) is 132 Å². The van der Waals surface area contributed by atoms with Crippen LogP contribution in [0.4, 0.5) is 0 Å². The molecule has 2 heterocycles. The van der Waals surface area contributed by atoms with Gasteiger partial charge in [-0.1, -0.05) is 0 Å². The molecule has 0 spiro atoms. The predicted octanol–water partition coefficient (Wildman–Crippen LogP) is -0.542. The summed E-state index contributed by atoms with van der Waals surface area (Å²) in [6, 6.07) is -0.470. The lowest BCUT2D eigenvalue weighted by molar-refractivity contribution is -0.253. The molecule has 13 nitrogen and oxygen atoms in total. The smallest absolute Gasteiger partial charge is 0.333 e. The van der Waals surface area contributed by atoms with E-state index in [1.165, 1.54) is 21.0 Å². The molecule has 2 aliphatic rings. The van der Waals surface area contributed by atoms with Gasteiger partial charge in [0.2, 0.25) is 5.91 Å². The number of methoxy groups -OCH3 is 1. The third-order valence-corrected chi connectivity index (χ3v) is 7.94. The molecule has 234 valence electrons. The normalized spacial score (nSPS) is 36.4. The Hall–Kier alpha value is -1.42. The van der Waals surface area contributed by atoms with E-state index in [-0.39, 0.29) is 44.5 Å². The Labute approximate surface area is 236 Å². The van der Waals surface area contributed by atoms with E-state index in [9.17, 15) is 35.1 Å². The Morgan fingerprint density at radius 2 is 1.65 bits per heavy atom. The fourth-order valence-electron chi connectivity index (χ4n) is 5.76. The van der Waals surface area contributed by atoms with E-state index < -0.39 is 60.2 Å². The Kier molecular flexibility index (Phi) is 14.7. The van der Waals surface area contributed by atoms with Crippen molar-refractivity contribution in [1.82, 2.24) is 5.32 Å². The SMILES string of the molecule is CCOCCC1OC(CO)C(O)C(CCCOCCC2OC(C(=O)O)C(CCOC)C(O)C2(C)O)C1NC(C)=O. The number of aliphatic carboxylic acids is 1. The van der Waals surface area contributed by atoms with Gasteiger partial charge in [-0.05, 0) is 46.0 Å². The summed E-state index contributed by atoms with van der Waals surface area (Å²) in [6.07, 6.45) is -3.90. The van der Waals surface area contributed by atoms with Crippen molar-refractivity contribution < 1.29 is 58.8 Å². The molecule has 0 radical (unpaired) electrons. The largest absolute Gasteiger partial charge is 0.479 e. The molecule has 0 aliphatic carbocycles. The van der Waals surface area contributed by atoms with Crippen molar-refractivity contribution in [2.75, 3.05) is 46.8 Å². The van der Waals surface area contributed by atoms with E-state index in [2.05, 4.69) is 5.32 Å². The molecule has 10 unspecified atom stereocenters. The van der Waals surface area contributed by atoms with Crippen LogP contribution in [0.5, 0.6) is 0 Å². The van der Waals surface area contributed by atoms with Crippen molar-refractivity contribution in [1.29, 1.82) is 0 Å². The molecule has 2 fully saturated rings. The molecule has 2 rings (SSSR count). The molecule has 0 aromatic carbocycles. The zero-order chi connectivity index (χ0) is 29.9. The first-order chi connectivity index (χ1) is 19.0. The van der Waals surface area contributed by atoms with Crippen LogP contribution in [0.2, 0.25) is 0 Å². The molecule has 10 atom stereocenters. The van der Waals surface area contributed by atoms with Crippen molar-refractivity contribution in [3.8, 4) is 0 Å². The number of carboxylic acid groups (broad SMARTS) is 1. The molecule has 2 saturated heterocycles. The van der Waals surface area contributed by atoms with Gasteiger partial charge in [0.1, 0.15) is 11.7 Å². The van der Waals surface area contributed by atoms with Gasteiger partial charge in [-0.3, -0.25) is 4.79 Å². The maximum atomic E-state index is 11.9. The lowest BCUT2D eigenvalue weighted by Crippen LogP contribution is -2.63. The summed E-state index contributed by atoms with van der Waals surface area (Å²) >= 11 is 0. The number of aliphatic hydroxyl groups is 4. The van der Waals surface area contributed by atoms with Crippen LogP contribution >= 0.6 is 0 Å². The average molecular weight is 580 g/mol. The number of carboxylic acids is 1. The highest BCUT2D eigenvalue weighted by atomic mass is 16.5. The lowest BCUT2D eigenvalue weighted by Gasteiger charge is -2.47. The molecule has 0 bridgehead atoms. The number of rotatable bonds is 17. The number of carbonyl (C=O) groups is 2. The summed E-state index contributed by atoms with van der Waals surface area (Å²) in [6.45, 7) is 5.95. The van der Waals surface area contributed by atoms with E-state index >= 15 is 0 Å². The number of nitrogens with one attached hydrogen (secondary N) is 1. The highest BCUT2D eigenvalue weighted by Crippen LogP contribution is 2.37. The first-order valence-electron chi connectivity index (χ1n) is 14.1. The van der Waals surface area contributed by atoms with Gasteiger partial charge >= 0.3 is 5.97 Å². The summed E-state index contributed by atoms with van der Waals surface area (Å²) in [5.74, 6) is -2.68. The molecule has 40 heavy (non-hydrogen) atoms. The average Bonchev–Trinajstić information content (AvgIpc) is 2.90. The van der Waals surface area contributed by atoms with Crippen molar-refractivity contribution in [3.63, 3.8) is 0 Å². The second kappa shape index (κ2) is 16.9. The van der Waals surface area contributed by atoms with Gasteiger partial charge in [0.25, 0.3) is 0 Å². The lowest BCUT2D eigenvalue weighted by atomic mass is 9.76. The number of hydrogen-bond acceptors (Lipinski definition) is 11. The summed E-state index contributed by atoms with van der Waals surface area (Å²) < 4.78 is 27.8. The molecule has 13 heteroatoms. The Bertz CT molecular complexity index is 768. The fourth-order valence-corrected chi connectivity index (χ4v) is 5.76. The van der Waals surface area contributed by atoms with Gasteiger partial charge in [-0.25, -0.2) is 4.79 Å². The number of amides is 1. The zero-order valence-electron chi connectivity index (χ0n) is 24.1. The van der Waals surface area contributed by atoms with Crippen LogP contribution in [0.15, 0.2) is 0 Å². The zero-order valence-corrected chi connectivity index (χ0v) is 24.1. The van der Waals surface area contributed by atoms with Crippen LogP contribution in [0.1, 0.15) is 52.9 Å². The molecule has 0 saturated carbocycles. The second-order valence-corrected chi connectivity index (χ2v) is 10.8. The summed E-state index contributed by atoms with van der Waals surface area (Å²) in [5, 5.41) is 54.9.